The van der Waals surface area contributed by atoms with E-state index in [9.17, 15) is 4.79 Å². The first-order chi connectivity index (χ1) is 11.7. The summed E-state index contributed by atoms with van der Waals surface area (Å²) in [7, 11) is 0. The van der Waals surface area contributed by atoms with E-state index in [1.165, 1.54) is 5.56 Å². The van der Waals surface area contributed by atoms with E-state index >= 15 is 0 Å². The monoisotopic (exact) mass is 347 g/mol. The molecule has 24 heavy (non-hydrogen) atoms. The molecule has 130 valence electrons. The van der Waals surface area contributed by atoms with Crippen molar-refractivity contribution < 1.29 is 4.79 Å². The number of hydrogen-bond acceptors (Lipinski definition) is 4. The molecule has 1 fully saturated rings. The van der Waals surface area contributed by atoms with Crippen molar-refractivity contribution in [3.63, 3.8) is 0 Å². The maximum atomic E-state index is 12.2. The maximum absolute atomic E-state index is 12.2. The number of hydrogen-bond donors (Lipinski definition) is 1. The molecule has 0 radical (unpaired) electrons. The molecule has 2 aromatic rings. The molecule has 0 spiro atoms. The number of amides is 2. The van der Waals surface area contributed by atoms with E-state index in [0.717, 1.165) is 39.1 Å². The Morgan fingerprint density at radius 1 is 1.38 bits per heavy atom. The number of carbonyl (C=O) groups is 1. The average Bonchev–Trinajstić information content (AvgIpc) is 3.31. The van der Waals surface area contributed by atoms with Crippen molar-refractivity contribution in [3.8, 4) is 0 Å². The summed E-state index contributed by atoms with van der Waals surface area (Å²) in [5.41, 5.74) is 1.37. The molecular weight excluding hydrogens is 322 g/mol. The molecule has 1 saturated heterocycles. The number of aromatic nitrogens is 2. The zero-order valence-electron chi connectivity index (χ0n) is 14.1. The zero-order valence-corrected chi connectivity index (χ0v) is 14.9. The van der Waals surface area contributed by atoms with Crippen LogP contribution >= 0.6 is 11.3 Å². The summed E-state index contributed by atoms with van der Waals surface area (Å²) < 4.78 is 2.02. The summed E-state index contributed by atoms with van der Waals surface area (Å²) in [5.74, 6) is 0. The van der Waals surface area contributed by atoms with Gasteiger partial charge in [-0.05, 0) is 35.7 Å². The van der Waals surface area contributed by atoms with E-state index in [4.69, 9.17) is 0 Å². The van der Waals surface area contributed by atoms with Crippen LogP contribution in [-0.4, -0.2) is 58.1 Å². The van der Waals surface area contributed by atoms with E-state index in [0.29, 0.717) is 12.6 Å². The summed E-state index contributed by atoms with van der Waals surface area (Å²) in [6.07, 6.45) is 6.43. The second-order valence-corrected chi connectivity index (χ2v) is 6.92. The second kappa shape index (κ2) is 8.30. The van der Waals surface area contributed by atoms with Crippen molar-refractivity contribution in [3.05, 3.63) is 41.1 Å². The molecule has 2 aromatic heterocycles. The van der Waals surface area contributed by atoms with Gasteiger partial charge in [-0.3, -0.25) is 4.90 Å². The number of nitrogens with zero attached hydrogens (tertiary/aromatic N) is 4. The fourth-order valence-electron chi connectivity index (χ4n) is 3.02. The summed E-state index contributed by atoms with van der Waals surface area (Å²) in [5, 5.41) is 7.36. The van der Waals surface area contributed by atoms with Gasteiger partial charge in [-0.1, -0.05) is 0 Å². The minimum Gasteiger partial charge on any atom is -0.338 e. The Bertz CT molecular complexity index is 605. The van der Waals surface area contributed by atoms with Gasteiger partial charge in [0.05, 0.1) is 6.33 Å². The molecule has 0 bridgehead atoms. The Morgan fingerprint density at radius 2 is 2.21 bits per heavy atom. The van der Waals surface area contributed by atoms with Crippen LogP contribution < -0.4 is 5.32 Å². The molecular formula is C17H25N5OS. The number of aryl methyl sites for hydroxylation is 1. The number of carbonyl (C=O) groups excluding carboxylic acids is 1. The van der Waals surface area contributed by atoms with Gasteiger partial charge in [0.25, 0.3) is 0 Å². The summed E-state index contributed by atoms with van der Waals surface area (Å²) in [6.45, 7) is 7.27. The molecule has 2 amide bonds. The fraction of sp³-hybridized carbons (Fsp3) is 0.529. The lowest BCUT2D eigenvalue weighted by atomic mass is 10.1. The van der Waals surface area contributed by atoms with Gasteiger partial charge in [0.2, 0.25) is 0 Å². The van der Waals surface area contributed by atoms with Crippen LogP contribution in [0.3, 0.4) is 0 Å². The van der Waals surface area contributed by atoms with E-state index in [2.05, 4.69) is 39.0 Å². The Balaban J connectivity index is 1.35. The van der Waals surface area contributed by atoms with Crippen molar-refractivity contribution in [2.45, 2.75) is 25.9 Å². The van der Waals surface area contributed by atoms with Gasteiger partial charge in [-0.25, -0.2) is 9.78 Å². The summed E-state index contributed by atoms with van der Waals surface area (Å²) in [4.78, 5) is 20.6. The van der Waals surface area contributed by atoms with Crippen LogP contribution in [0.2, 0.25) is 0 Å². The van der Waals surface area contributed by atoms with Gasteiger partial charge in [0.1, 0.15) is 0 Å². The Kier molecular flexibility index (Phi) is 5.87. The molecule has 6 nitrogen and oxygen atoms in total. The highest BCUT2D eigenvalue weighted by Gasteiger charge is 2.24. The molecule has 0 aromatic carbocycles. The standard InChI is InChI=1S/C17H25N5OS/c1-15(16-3-12-24-13-16)21-8-10-22(11-9-21)17(23)19-4-2-6-20-7-5-18-14-20/h3,5,7,12-15H,2,4,6,8-11H2,1H3,(H,19,23). The minimum absolute atomic E-state index is 0.0588. The van der Waals surface area contributed by atoms with Gasteiger partial charge in [-0.15, -0.1) is 0 Å². The smallest absolute Gasteiger partial charge is 0.317 e. The zero-order chi connectivity index (χ0) is 16.8. The van der Waals surface area contributed by atoms with Crippen LogP contribution in [0.25, 0.3) is 0 Å². The number of nitrogens with one attached hydrogen (secondary N) is 1. The molecule has 1 unspecified atom stereocenters. The topological polar surface area (TPSA) is 53.4 Å². The summed E-state index contributed by atoms with van der Waals surface area (Å²) in [6, 6.07) is 2.68. The van der Waals surface area contributed by atoms with Gasteiger partial charge < -0.3 is 14.8 Å². The highest BCUT2D eigenvalue weighted by atomic mass is 32.1. The molecule has 1 aliphatic rings. The molecule has 1 N–H and O–H groups in total. The van der Waals surface area contributed by atoms with Crippen LogP contribution in [-0.2, 0) is 6.54 Å². The van der Waals surface area contributed by atoms with Crippen molar-refractivity contribution in [1.29, 1.82) is 0 Å². The highest BCUT2D eigenvalue weighted by Crippen LogP contribution is 2.23. The molecule has 1 aliphatic heterocycles. The molecule has 0 saturated carbocycles. The lowest BCUT2D eigenvalue weighted by molar-refractivity contribution is 0.114. The van der Waals surface area contributed by atoms with Crippen molar-refractivity contribution >= 4 is 17.4 Å². The number of urea groups is 1. The van der Waals surface area contributed by atoms with Gasteiger partial charge >= 0.3 is 6.03 Å². The van der Waals surface area contributed by atoms with E-state index in [-0.39, 0.29) is 6.03 Å². The predicted octanol–water partition coefficient (Wildman–Crippen LogP) is 2.42. The molecule has 1 atom stereocenters. The third-order valence-electron chi connectivity index (χ3n) is 4.60. The first-order valence-electron chi connectivity index (χ1n) is 8.48. The molecule has 3 heterocycles. The van der Waals surface area contributed by atoms with Crippen LogP contribution in [0, 0.1) is 0 Å². The van der Waals surface area contributed by atoms with Crippen molar-refractivity contribution in [2.24, 2.45) is 0 Å². The maximum Gasteiger partial charge on any atom is 0.317 e. The second-order valence-electron chi connectivity index (χ2n) is 6.14. The Labute approximate surface area is 147 Å². The van der Waals surface area contributed by atoms with Crippen molar-refractivity contribution in [1.82, 2.24) is 24.7 Å². The van der Waals surface area contributed by atoms with Gasteiger partial charge in [-0.2, -0.15) is 11.3 Å². The predicted molar refractivity (Wildman–Crippen MR) is 96.1 cm³/mol. The lowest BCUT2D eigenvalue weighted by Crippen LogP contribution is -2.52. The fourth-order valence-corrected chi connectivity index (χ4v) is 3.77. The van der Waals surface area contributed by atoms with E-state index < -0.39 is 0 Å². The van der Waals surface area contributed by atoms with Crippen LogP contribution in [0.15, 0.2) is 35.5 Å². The molecule has 7 heteroatoms. The van der Waals surface area contributed by atoms with E-state index in [1.807, 2.05) is 15.7 Å². The number of piperazine rings is 1. The number of imidazole rings is 1. The highest BCUT2D eigenvalue weighted by molar-refractivity contribution is 7.07. The summed E-state index contributed by atoms with van der Waals surface area (Å²) >= 11 is 1.74. The van der Waals surface area contributed by atoms with E-state index in [1.54, 1.807) is 23.9 Å². The van der Waals surface area contributed by atoms with Gasteiger partial charge in [0, 0.05) is 57.7 Å². The number of thiophene rings is 1. The van der Waals surface area contributed by atoms with Crippen LogP contribution in [0.4, 0.5) is 4.79 Å². The SMILES string of the molecule is CC(c1ccsc1)N1CCN(C(=O)NCCCn2ccnc2)CC1. The first-order valence-corrected chi connectivity index (χ1v) is 9.43. The molecule has 0 aliphatic carbocycles. The lowest BCUT2D eigenvalue weighted by Gasteiger charge is -2.37. The third kappa shape index (κ3) is 4.36. The number of rotatable bonds is 6. The average molecular weight is 347 g/mol. The Hall–Kier alpha value is -1.86. The quantitative estimate of drug-likeness (QED) is 0.817. The minimum atomic E-state index is 0.0588. The first kappa shape index (κ1) is 17.0. The van der Waals surface area contributed by atoms with Gasteiger partial charge in [0.15, 0.2) is 0 Å². The Morgan fingerprint density at radius 3 is 2.88 bits per heavy atom. The van der Waals surface area contributed by atoms with Crippen molar-refractivity contribution in [2.75, 3.05) is 32.7 Å². The normalized spacial score (nSPS) is 17.0. The molecule has 3 rings (SSSR count). The largest absolute Gasteiger partial charge is 0.338 e. The third-order valence-corrected chi connectivity index (χ3v) is 5.30. The van der Waals surface area contributed by atoms with Crippen LogP contribution in [0.1, 0.15) is 24.9 Å². The van der Waals surface area contributed by atoms with Crippen LogP contribution in [0.5, 0.6) is 0 Å².